The number of hydrogen-bond acceptors (Lipinski definition) is 6. The summed E-state index contributed by atoms with van der Waals surface area (Å²) in [5, 5.41) is 15.0. The van der Waals surface area contributed by atoms with Crippen molar-refractivity contribution in [1.29, 1.82) is 0 Å². The number of carbonyl (C=O) groups is 1. The van der Waals surface area contributed by atoms with Gasteiger partial charge in [0.1, 0.15) is 0 Å². The van der Waals surface area contributed by atoms with Crippen molar-refractivity contribution in [2.75, 3.05) is 32.7 Å². The van der Waals surface area contributed by atoms with Gasteiger partial charge in [0.15, 0.2) is 0 Å². The van der Waals surface area contributed by atoms with Crippen LogP contribution in [0.5, 0.6) is 0 Å². The summed E-state index contributed by atoms with van der Waals surface area (Å²) >= 11 is 6.50. The summed E-state index contributed by atoms with van der Waals surface area (Å²) in [6.07, 6.45) is 8.00. The number of carboxylic acid groups (broad SMARTS) is 1. The number of carboxylic acids is 1. The van der Waals surface area contributed by atoms with Gasteiger partial charge in [-0.25, -0.2) is 0 Å². The van der Waals surface area contributed by atoms with Crippen LogP contribution in [0.1, 0.15) is 69.9 Å². The van der Waals surface area contributed by atoms with Gasteiger partial charge in [-0.05, 0) is 107 Å². The monoisotopic (exact) mass is 578 g/mol. The lowest BCUT2D eigenvalue weighted by atomic mass is 9.74. The van der Waals surface area contributed by atoms with E-state index < -0.39 is 11.4 Å². The van der Waals surface area contributed by atoms with E-state index in [0.29, 0.717) is 30.5 Å². The highest BCUT2D eigenvalue weighted by atomic mass is 35.5. The van der Waals surface area contributed by atoms with Crippen molar-refractivity contribution in [3.8, 4) is 22.8 Å². The zero-order valence-electron chi connectivity index (χ0n) is 24.4. The first-order valence-corrected chi connectivity index (χ1v) is 15.6. The summed E-state index contributed by atoms with van der Waals surface area (Å²) in [7, 11) is 0. The Morgan fingerprint density at radius 2 is 1.71 bits per heavy atom. The molecule has 2 aromatic carbocycles. The molecule has 1 N–H and O–H groups in total. The molecule has 7 nitrogen and oxygen atoms in total. The maximum Gasteiger partial charge on any atom is 0.309 e. The predicted molar refractivity (Wildman–Crippen MR) is 163 cm³/mol. The van der Waals surface area contributed by atoms with Gasteiger partial charge in [0.25, 0.3) is 5.89 Å². The number of halogens is 1. The molecule has 2 aliphatic heterocycles. The van der Waals surface area contributed by atoms with Crippen molar-refractivity contribution in [3.63, 3.8) is 0 Å². The van der Waals surface area contributed by atoms with Crippen LogP contribution in [-0.4, -0.2) is 63.7 Å². The molecular weight excluding hydrogens is 536 g/mol. The number of aromatic nitrogens is 2. The SMILES string of the molecule is CC(C)Cc1ccc(-c2nc(-c3ccc(CN4CCC(CCCN5CCCCC5)(C(=O)O)CC4)cc3)no2)cc1Cl. The van der Waals surface area contributed by atoms with Crippen LogP contribution in [0.25, 0.3) is 22.8 Å². The number of piperidine rings is 2. The molecule has 0 radical (unpaired) electrons. The molecule has 0 unspecified atom stereocenters. The van der Waals surface area contributed by atoms with E-state index in [1.165, 1.54) is 37.9 Å². The normalized spacial score (nSPS) is 18.1. The molecule has 5 rings (SSSR count). The minimum absolute atomic E-state index is 0.452. The number of benzene rings is 2. The first kappa shape index (κ1) is 29.7. The smallest absolute Gasteiger partial charge is 0.309 e. The van der Waals surface area contributed by atoms with Gasteiger partial charge in [0.2, 0.25) is 5.82 Å². The minimum Gasteiger partial charge on any atom is -0.481 e. The number of nitrogens with zero attached hydrogens (tertiary/aromatic N) is 4. The molecule has 0 bridgehead atoms. The van der Waals surface area contributed by atoms with E-state index in [4.69, 9.17) is 16.1 Å². The second-order valence-corrected chi connectivity index (χ2v) is 12.8. The number of likely N-dealkylation sites (tertiary alicyclic amines) is 2. The molecule has 0 atom stereocenters. The Kier molecular flexibility index (Phi) is 9.79. The van der Waals surface area contributed by atoms with Crippen LogP contribution in [0.15, 0.2) is 47.0 Å². The molecule has 0 aliphatic carbocycles. The Bertz CT molecular complexity index is 1290. The van der Waals surface area contributed by atoms with Crippen LogP contribution in [0.2, 0.25) is 5.02 Å². The van der Waals surface area contributed by atoms with Crippen LogP contribution in [0, 0.1) is 11.3 Å². The Hall–Kier alpha value is -2.74. The van der Waals surface area contributed by atoms with E-state index in [-0.39, 0.29) is 0 Å². The van der Waals surface area contributed by atoms with Crippen molar-refractivity contribution >= 4 is 17.6 Å². The third-order valence-electron chi connectivity index (χ3n) is 8.82. The second kappa shape index (κ2) is 13.5. The largest absolute Gasteiger partial charge is 0.481 e. The molecule has 1 aromatic heterocycles. The highest BCUT2D eigenvalue weighted by Gasteiger charge is 2.41. The average Bonchev–Trinajstić information content (AvgIpc) is 3.46. The van der Waals surface area contributed by atoms with E-state index in [1.54, 1.807) is 0 Å². The Labute approximate surface area is 248 Å². The molecule has 41 heavy (non-hydrogen) atoms. The maximum atomic E-state index is 12.3. The zero-order valence-corrected chi connectivity index (χ0v) is 25.2. The minimum atomic E-state index is -0.617. The van der Waals surface area contributed by atoms with Crippen molar-refractivity contribution in [1.82, 2.24) is 19.9 Å². The van der Waals surface area contributed by atoms with E-state index in [0.717, 1.165) is 67.2 Å². The van der Waals surface area contributed by atoms with Crippen LogP contribution in [0.4, 0.5) is 0 Å². The van der Waals surface area contributed by atoms with Gasteiger partial charge in [-0.3, -0.25) is 9.69 Å². The quantitative estimate of drug-likeness (QED) is 0.258. The summed E-state index contributed by atoms with van der Waals surface area (Å²) in [6.45, 7) is 10.1. The molecule has 2 saturated heterocycles. The van der Waals surface area contributed by atoms with Crippen molar-refractivity contribution in [2.45, 2.75) is 71.8 Å². The fourth-order valence-electron chi connectivity index (χ4n) is 6.30. The Balaban J connectivity index is 1.14. The number of rotatable bonds is 11. The van der Waals surface area contributed by atoms with Gasteiger partial charge in [0, 0.05) is 22.7 Å². The summed E-state index contributed by atoms with van der Waals surface area (Å²) < 4.78 is 5.56. The van der Waals surface area contributed by atoms with Gasteiger partial charge in [-0.15, -0.1) is 0 Å². The fraction of sp³-hybridized carbons (Fsp3) is 0.545. The maximum absolute atomic E-state index is 12.3. The van der Waals surface area contributed by atoms with Gasteiger partial charge < -0.3 is 14.5 Å². The fourth-order valence-corrected chi connectivity index (χ4v) is 6.55. The van der Waals surface area contributed by atoms with Crippen LogP contribution >= 0.6 is 11.6 Å². The lowest BCUT2D eigenvalue weighted by Gasteiger charge is -2.39. The molecule has 8 heteroatoms. The molecular formula is C33H43ClN4O3. The predicted octanol–water partition coefficient (Wildman–Crippen LogP) is 7.19. The molecule has 3 heterocycles. The van der Waals surface area contributed by atoms with Crippen molar-refractivity contribution in [3.05, 3.63) is 58.6 Å². The Morgan fingerprint density at radius 3 is 2.37 bits per heavy atom. The third kappa shape index (κ3) is 7.56. The van der Waals surface area contributed by atoms with Gasteiger partial charge in [0.05, 0.1) is 5.41 Å². The molecule has 2 aliphatic rings. The Morgan fingerprint density at radius 1 is 1.00 bits per heavy atom. The van der Waals surface area contributed by atoms with Gasteiger partial charge in [-0.1, -0.05) is 67.4 Å². The summed E-state index contributed by atoms with van der Waals surface area (Å²) in [5.74, 6) is 0.910. The highest BCUT2D eigenvalue weighted by Crippen LogP contribution is 2.37. The average molecular weight is 579 g/mol. The first-order chi connectivity index (χ1) is 19.8. The lowest BCUT2D eigenvalue weighted by Crippen LogP contribution is -2.44. The van der Waals surface area contributed by atoms with E-state index in [9.17, 15) is 9.90 Å². The summed E-state index contributed by atoms with van der Waals surface area (Å²) in [4.78, 5) is 21.8. The molecule has 0 saturated carbocycles. The van der Waals surface area contributed by atoms with Crippen molar-refractivity contribution in [2.24, 2.45) is 11.3 Å². The first-order valence-electron chi connectivity index (χ1n) is 15.2. The lowest BCUT2D eigenvalue weighted by molar-refractivity contribution is -0.153. The van der Waals surface area contributed by atoms with Crippen molar-refractivity contribution < 1.29 is 14.4 Å². The number of hydrogen-bond donors (Lipinski definition) is 1. The van der Waals surface area contributed by atoms with Crippen LogP contribution in [0.3, 0.4) is 0 Å². The second-order valence-electron chi connectivity index (χ2n) is 12.4. The van der Waals surface area contributed by atoms with E-state index in [1.807, 2.05) is 30.3 Å². The van der Waals surface area contributed by atoms with E-state index >= 15 is 0 Å². The number of aliphatic carboxylic acids is 1. The van der Waals surface area contributed by atoms with E-state index in [2.05, 4.69) is 45.9 Å². The molecule has 3 aromatic rings. The topological polar surface area (TPSA) is 82.7 Å². The molecule has 0 amide bonds. The zero-order chi connectivity index (χ0) is 28.8. The molecule has 2 fully saturated rings. The standard InChI is InChI=1S/C33H43ClN4O3/c1-24(2)21-27-11-12-28(22-29(27)34)31-35-30(36-41-31)26-9-7-25(8-10-26)23-38-19-14-33(15-20-38,32(39)40)13-6-18-37-16-4-3-5-17-37/h7-12,22,24H,3-6,13-21,23H2,1-2H3,(H,39,40). The molecule has 0 spiro atoms. The highest BCUT2D eigenvalue weighted by molar-refractivity contribution is 6.31. The third-order valence-corrected chi connectivity index (χ3v) is 9.17. The van der Waals surface area contributed by atoms with Crippen LogP contribution < -0.4 is 0 Å². The summed E-state index contributed by atoms with van der Waals surface area (Å²) in [6, 6.07) is 14.2. The van der Waals surface area contributed by atoms with Crippen LogP contribution in [-0.2, 0) is 17.8 Å². The molecule has 220 valence electrons. The van der Waals surface area contributed by atoms with Gasteiger partial charge in [-0.2, -0.15) is 4.98 Å². The summed E-state index contributed by atoms with van der Waals surface area (Å²) in [5.41, 5.74) is 3.44. The van der Waals surface area contributed by atoms with Gasteiger partial charge >= 0.3 is 5.97 Å².